The number of carbonyl (C=O) groups is 4. The molecule has 2 saturated heterocycles. The minimum Gasteiger partial charge on any atom is -0.394 e. The van der Waals surface area contributed by atoms with Crippen LogP contribution in [-0.4, -0.2) is 113 Å². The molecule has 4 aliphatic rings. The van der Waals surface area contributed by atoms with Crippen molar-refractivity contribution in [3.05, 3.63) is 23.3 Å². The molecular formula is C16H20N6O10S. The van der Waals surface area contributed by atoms with Crippen LogP contribution < -0.4 is 11.5 Å². The number of hydrogen-bond donors (Lipinski definition) is 4. The molecule has 0 aromatic heterocycles. The molecule has 4 rings (SSSR count). The van der Waals surface area contributed by atoms with Gasteiger partial charge >= 0.3 is 22.5 Å². The first-order valence-corrected chi connectivity index (χ1v) is 10.9. The quantitative estimate of drug-likeness (QED) is 0.258. The van der Waals surface area contributed by atoms with Gasteiger partial charge in [-0.1, -0.05) is 0 Å². The Bertz CT molecular complexity index is 1010. The van der Waals surface area contributed by atoms with Crippen LogP contribution in [0.5, 0.6) is 0 Å². The van der Waals surface area contributed by atoms with Crippen molar-refractivity contribution in [2.24, 2.45) is 11.5 Å². The Hall–Kier alpha value is -3.25. The Labute approximate surface area is 186 Å². The molecule has 0 aromatic rings. The van der Waals surface area contributed by atoms with E-state index in [1.165, 1.54) is 12.2 Å². The van der Waals surface area contributed by atoms with Gasteiger partial charge in [-0.15, -0.1) is 8.57 Å². The van der Waals surface area contributed by atoms with E-state index < -0.39 is 71.7 Å². The van der Waals surface area contributed by atoms with E-state index in [-0.39, 0.29) is 24.2 Å². The number of hydrogen-bond acceptors (Lipinski definition) is 10. The van der Waals surface area contributed by atoms with Gasteiger partial charge in [-0.05, 0) is 12.2 Å². The van der Waals surface area contributed by atoms with Crippen LogP contribution in [-0.2, 0) is 28.6 Å². The van der Waals surface area contributed by atoms with E-state index in [1.54, 1.807) is 0 Å². The molecule has 0 radical (unpaired) electrons. The van der Waals surface area contributed by atoms with Gasteiger partial charge < -0.3 is 31.5 Å². The second-order valence-electron chi connectivity index (χ2n) is 7.58. The summed E-state index contributed by atoms with van der Waals surface area (Å²) in [6.45, 7) is -1.50. The summed E-state index contributed by atoms with van der Waals surface area (Å²) >= 11 is 0. The SMILES string of the molecule is NC(=O)C1=CC(CO)N2CC1N(OS(=O)(=O)ON1C(=O)N3CC1C(C(N)=O)=CC3CO)C2=O. The lowest BCUT2D eigenvalue weighted by Crippen LogP contribution is -2.44. The van der Waals surface area contributed by atoms with Crippen LogP contribution in [0.4, 0.5) is 9.59 Å². The number of nitrogens with zero attached hydrogens (tertiary/aromatic N) is 4. The van der Waals surface area contributed by atoms with Crippen LogP contribution >= 0.6 is 0 Å². The van der Waals surface area contributed by atoms with Crippen LogP contribution in [0.15, 0.2) is 23.3 Å². The van der Waals surface area contributed by atoms with Crippen molar-refractivity contribution in [1.82, 2.24) is 19.9 Å². The van der Waals surface area contributed by atoms with Gasteiger partial charge in [0, 0.05) is 11.1 Å². The van der Waals surface area contributed by atoms with E-state index in [4.69, 9.17) is 20.0 Å². The number of rotatable bonds is 8. The monoisotopic (exact) mass is 488 g/mol. The van der Waals surface area contributed by atoms with Crippen LogP contribution in [0.1, 0.15) is 0 Å². The Balaban J connectivity index is 1.57. The minimum absolute atomic E-state index is 0.157. The fourth-order valence-corrected chi connectivity index (χ4v) is 4.95. The zero-order valence-corrected chi connectivity index (χ0v) is 17.6. The zero-order valence-electron chi connectivity index (χ0n) is 16.8. The summed E-state index contributed by atoms with van der Waals surface area (Å²) in [6.07, 6.45) is 2.45. The van der Waals surface area contributed by atoms with Gasteiger partial charge in [0.15, 0.2) is 0 Å². The van der Waals surface area contributed by atoms with E-state index in [9.17, 15) is 37.8 Å². The van der Waals surface area contributed by atoms with Gasteiger partial charge in [0.1, 0.15) is 12.1 Å². The third-order valence-corrected chi connectivity index (χ3v) is 6.41. The second-order valence-corrected chi connectivity index (χ2v) is 8.70. The fraction of sp³-hybridized carbons (Fsp3) is 0.500. The lowest BCUT2D eigenvalue weighted by Gasteiger charge is -2.27. The normalized spacial score (nSPS) is 28.9. The van der Waals surface area contributed by atoms with Crippen molar-refractivity contribution < 1.29 is 46.4 Å². The zero-order chi connectivity index (χ0) is 24.2. The van der Waals surface area contributed by atoms with Crippen LogP contribution in [0.3, 0.4) is 0 Å². The summed E-state index contributed by atoms with van der Waals surface area (Å²) in [5, 5.41) is 19.6. The number of hydroxylamine groups is 4. The third-order valence-electron chi connectivity index (χ3n) is 5.72. The average Bonchev–Trinajstić information content (AvgIpc) is 3.16. The first-order valence-electron chi connectivity index (χ1n) is 9.57. The molecule has 0 aromatic carbocycles. The first kappa shape index (κ1) is 22.9. The highest BCUT2D eigenvalue weighted by Crippen LogP contribution is 2.33. The molecule has 6 amide bonds. The summed E-state index contributed by atoms with van der Waals surface area (Å²) < 4.78 is 34.8. The predicted molar refractivity (Wildman–Crippen MR) is 103 cm³/mol. The number of aliphatic hydroxyl groups excluding tert-OH is 2. The van der Waals surface area contributed by atoms with E-state index in [2.05, 4.69) is 0 Å². The molecule has 180 valence electrons. The number of amides is 6. The standard InChI is InChI=1S/C16H20N6O10S/c17-13(25)9-1-7(5-23)19-3-11(9)21(15(19)27)31-33(29,30)32-22-12-4-20(16(22)28)8(6-24)2-10(12)14(18)26/h1-2,7-8,11-12,23-24H,3-6H2,(H2,17,25)(H2,18,26). The van der Waals surface area contributed by atoms with Crippen LogP contribution in [0, 0.1) is 0 Å². The molecule has 0 spiro atoms. The minimum atomic E-state index is -5.17. The van der Waals surface area contributed by atoms with Gasteiger partial charge in [-0.3, -0.25) is 9.59 Å². The van der Waals surface area contributed by atoms with Crippen molar-refractivity contribution >= 4 is 34.3 Å². The highest BCUT2D eigenvalue weighted by Gasteiger charge is 2.52. The summed E-state index contributed by atoms with van der Waals surface area (Å²) in [5.74, 6) is -1.91. The number of fused-ring (bicyclic) bond motifs is 4. The lowest BCUT2D eigenvalue weighted by atomic mass is 10.00. The van der Waals surface area contributed by atoms with Crippen LogP contribution in [0.25, 0.3) is 0 Å². The summed E-state index contributed by atoms with van der Waals surface area (Å²) in [5.41, 5.74) is 10.3. The topological polar surface area (TPSA) is 226 Å². The maximum absolute atomic E-state index is 12.6. The molecule has 16 nitrogen and oxygen atoms in total. The van der Waals surface area contributed by atoms with E-state index in [0.717, 1.165) is 9.80 Å². The molecule has 4 bridgehead atoms. The predicted octanol–water partition coefficient (Wildman–Crippen LogP) is -4.12. The number of carbonyl (C=O) groups excluding carboxylic acids is 4. The van der Waals surface area contributed by atoms with E-state index in [1.807, 2.05) is 0 Å². The molecule has 4 unspecified atom stereocenters. The third kappa shape index (κ3) is 3.68. The van der Waals surface area contributed by atoms with Gasteiger partial charge in [-0.25, -0.2) is 9.59 Å². The summed E-state index contributed by atoms with van der Waals surface area (Å²) in [6, 6.07) is -6.28. The highest BCUT2D eigenvalue weighted by atomic mass is 32.3. The molecule has 0 saturated carbocycles. The lowest BCUT2D eigenvalue weighted by molar-refractivity contribution is -0.117. The number of aliphatic hydroxyl groups is 2. The van der Waals surface area contributed by atoms with Gasteiger partial charge in [0.25, 0.3) is 0 Å². The van der Waals surface area contributed by atoms with E-state index >= 15 is 0 Å². The van der Waals surface area contributed by atoms with Crippen molar-refractivity contribution in [2.75, 3.05) is 26.3 Å². The molecule has 4 aliphatic heterocycles. The molecule has 4 atom stereocenters. The van der Waals surface area contributed by atoms with Gasteiger partial charge in [0.05, 0.1) is 38.4 Å². The Kier molecular flexibility index (Phi) is 5.53. The molecule has 6 N–H and O–H groups in total. The highest BCUT2D eigenvalue weighted by molar-refractivity contribution is 7.81. The van der Waals surface area contributed by atoms with Crippen molar-refractivity contribution in [3.63, 3.8) is 0 Å². The Morgan fingerprint density at radius 2 is 1.24 bits per heavy atom. The van der Waals surface area contributed by atoms with Crippen molar-refractivity contribution in [2.45, 2.75) is 24.2 Å². The number of primary amides is 2. The maximum Gasteiger partial charge on any atom is 0.442 e. The maximum atomic E-state index is 12.6. The van der Waals surface area contributed by atoms with Crippen molar-refractivity contribution in [1.29, 1.82) is 0 Å². The summed E-state index contributed by atoms with van der Waals surface area (Å²) in [7, 11) is -5.17. The first-order chi connectivity index (χ1) is 15.5. The van der Waals surface area contributed by atoms with Gasteiger partial charge in [-0.2, -0.15) is 18.5 Å². The fourth-order valence-electron chi connectivity index (χ4n) is 4.19. The molecule has 0 aliphatic carbocycles. The number of nitrogens with two attached hydrogens (primary N) is 2. The van der Waals surface area contributed by atoms with Gasteiger partial charge in [0.2, 0.25) is 11.8 Å². The Morgan fingerprint density at radius 3 is 1.55 bits per heavy atom. The molecular weight excluding hydrogens is 468 g/mol. The summed E-state index contributed by atoms with van der Waals surface area (Å²) in [4.78, 5) is 50.9. The molecule has 33 heavy (non-hydrogen) atoms. The Morgan fingerprint density at radius 1 is 0.879 bits per heavy atom. The average molecular weight is 488 g/mol. The molecule has 17 heteroatoms. The largest absolute Gasteiger partial charge is 0.442 e. The van der Waals surface area contributed by atoms with E-state index in [0.29, 0.717) is 10.1 Å². The smallest absolute Gasteiger partial charge is 0.394 e. The second kappa shape index (κ2) is 7.96. The molecule has 2 fully saturated rings. The van der Waals surface area contributed by atoms with Crippen molar-refractivity contribution in [3.8, 4) is 0 Å². The molecule has 4 heterocycles. The number of urea groups is 2. The van der Waals surface area contributed by atoms with Crippen LogP contribution in [0.2, 0.25) is 0 Å².